The van der Waals surface area contributed by atoms with Gasteiger partial charge in [0.05, 0.1) is 32.3 Å². The van der Waals surface area contributed by atoms with Crippen molar-refractivity contribution in [3.8, 4) is 29.0 Å². The van der Waals surface area contributed by atoms with Crippen molar-refractivity contribution >= 4 is 54.7 Å². The number of fused-ring (bicyclic) bond motifs is 4. The standard InChI is InChI=1S/C34H35ClF2N6O2S/c1-16(2)18-9-19-14-44-29-25-28(27(37)24(26(29)35)20-5-6-22(36)30-23(20)21(11-38)31(39)46-30)40-33(41-32(25)43(19)13-18)45-15-34-7-4-8-42(34)12-17(3)10-34/h5-6,16-19H,4,7-10,12-15,39H2,1-3H3/t17-,18?,19?,34+/m1/s1. The smallest absolute Gasteiger partial charge is 0.319 e. The predicted octanol–water partition coefficient (Wildman–Crippen LogP) is 7.39. The van der Waals surface area contributed by atoms with Gasteiger partial charge in [-0.15, -0.1) is 11.3 Å². The first kappa shape index (κ1) is 29.9. The molecule has 12 heteroatoms. The van der Waals surface area contributed by atoms with Crippen molar-refractivity contribution in [2.24, 2.45) is 17.8 Å². The second-order valence-electron chi connectivity index (χ2n) is 13.9. The van der Waals surface area contributed by atoms with E-state index in [0.717, 1.165) is 56.7 Å². The van der Waals surface area contributed by atoms with Crippen LogP contribution in [-0.2, 0) is 0 Å². The summed E-state index contributed by atoms with van der Waals surface area (Å²) in [5.41, 5.74) is 6.37. The van der Waals surface area contributed by atoms with E-state index >= 15 is 4.39 Å². The quantitative estimate of drug-likeness (QED) is 0.236. The lowest BCUT2D eigenvalue weighted by Gasteiger charge is -2.31. The van der Waals surface area contributed by atoms with Crippen molar-refractivity contribution in [3.63, 3.8) is 0 Å². The lowest BCUT2D eigenvalue weighted by atomic mass is 9.92. The van der Waals surface area contributed by atoms with Crippen LogP contribution in [0.15, 0.2) is 12.1 Å². The molecule has 2 N–H and O–H groups in total. The van der Waals surface area contributed by atoms with Crippen LogP contribution in [-0.4, -0.2) is 59.3 Å². The number of nitriles is 1. The average Bonchev–Trinajstić information content (AvgIpc) is 3.76. The van der Waals surface area contributed by atoms with Crippen molar-refractivity contribution in [1.29, 1.82) is 5.26 Å². The van der Waals surface area contributed by atoms with Crippen LogP contribution in [0.3, 0.4) is 0 Å². The van der Waals surface area contributed by atoms with Gasteiger partial charge in [-0.3, -0.25) is 4.90 Å². The van der Waals surface area contributed by atoms with E-state index < -0.39 is 11.6 Å². The van der Waals surface area contributed by atoms with Gasteiger partial charge in [0, 0.05) is 24.0 Å². The van der Waals surface area contributed by atoms with Crippen molar-refractivity contribution in [3.05, 3.63) is 34.4 Å². The van der Waals surface area contributed by atoms with Gasteiger partial charge in [0.25, 0.3) is 0 Å². The molecule has 8 rings (SSSR count). The Labute approximate surface area is 275 Å². The highest BCUT2D eigenvalue weighted by Crippen LogP contribution is 2.52. The summed E-state index contributed by atoms with van der Waals surface area (Å²) < 4.78 is 45.2. The highest BCUT2D eigenvalue weighted by atomic mass is 35.5. The Morgan fingerprint density at radius 1 is 1.26 bits per heavy atom. The molecule has 240 valence electrons. The van der Waals surface area contributed by atoms with Gasteiger partial charge in [0.15, 0.2) is 11.6 Å². The molecule has 8 nitrogen and oxygen atoms in total. The van der Waals surface area contributed by atoms with Gasteiger partial charge in [0.1, 0.15) is 41.4 Å². The summed E-state index contributed by atoms with van der Waals surface area (Å²) in [6.45, 7) is 10.3. The molecule has 3 fully saturated rings. The van der Waals surface area contributed by atoms with Crippen molar-refractivity contribution in [1.82, 2.24) is 14.9 Å². The maximum Gasteiger partial charge on any atom is 0.319 e. The van der Waals surface area contributed by atoms with Crippen LogP contribution in [0.4, 0.5) is 19.6 Å². The third-order valence-electron chi connectivity index (χ3n) is 10.7. The van der Waals surface area contributed by atoms with Gasteiger partial charge in [0.2, 0.25) is 0 Å². The van der Waals surface area contributed by atoms with Crippen molar-refractivity contribution in [2.45, 2.75) is 58.0 Å². The number of halogens is 3. The Hall–Kier alpha value is -3.46. The summed E-state index contributed by atoms with van der Waals surface area (Å²) >= 11 is 8.01. The minimum Gasteiger partial charge on any atom is -0.489 e. The largest absolute Gasteiger partial charge is 0.489 e. The Kier molecular flexibility index (Phi) is 7.02. The van der Waals surface area contributed by atoms with Crippen LogP contribution < -0.4 is 20.1 Å². The average molecular weight is 665 g/mol. The molecule has 0 bridgehead atoms. The summed E-state index contributed by atoms with van der Waals surface area (Å²) in [4.78, 5) is 14.4. The second kappa shape index (κ2) is 10.8. The van der Waals surface area contributed by atoms with Crippen LogP contribution >= 0.6 is 22.9 Å². The van der Waals surface area contributed by atoms with Gasteiger partial charge >= 0.3 is 6.01 Å². The fourth-order valence-corrected chi connectivity index (χ4v) is 9.73. The molecule has 2 unspecified atom stereocenters. The fraction of sp³-hybridized carbons (Fsp3) is 0.500. The van der Waals surface area contributed by atoms with Crippen LogP contribution in [0.5, 0.6) is 11.8 Å². The number of nitrogens with zero attached hydrogens (tertiary/aromatic N) is 5. The zero-order valence-electron chi connectivity index (χ0n) is 26.0. The van der Waals surface area contributed by atoms with E-state index in [4.69, 9.17) is 36.8 Å². The van der Waals surface area contributed by atoms with Gasteiger partial charge in [-0.05, 0) is 61.6 Å². The molecule has 4 atom stereocenters. The predicted molar refractivity (Wildman–Crippen MR) is 177 cm³/mol. The molecule has 4 aromatic rings. The Balaban J connectivity index is 1.34. The molecule has 0 radical (unpaired) electrons. The summed E-state index contributed by atoms with van der Waals surface area (Å²) in [5.74, 6) is 0.998. The number of hydrogen-bond acceptors (Lipinski definition) is 9. The summed E-state index contributed by atoms with van der Waals surface area (Å²) in [6.07, 6.45) is 4.09. The highest BCUT2D eigenvalue weighted by molar-refractivity contribution is 7.23. The molecule has 6 heterocycles. The lowest BCUT2D eigenvalue weighted by Crippen LogP contribution is -2.43. The second-order valence-corrected chi connectivity index (χ2v) is 15.3. The number of thiophene rings is 1. The van der Waals surface area contributed by atoms with Gasteiger partial charge < -0.3 is 20.1 Å². The van der Waals surface area contributed by atoms with Crippen molar-refractivity contribution < 1.29 is 18.3 Å². The number of benzene rings is 2. The summed E-state index contributed by atoms with van der Waals surface area (Å²) in [7, 11) is 0. The lowest BCUT2D eigenvalue weighted by molar-refractivity contribution is 0.107. The normalized spacial score (nSPS) is 25.6. The van der Waals surface area contributed by atoms with E-state index in [2.05, 4.69) is 36.6 Å². The van der Waals surface area contributed by atoms with E-state index in [-0.39, 0.29) is 65.7 Å². The van der Waals surface area contributed by atoms with Crippen LogP contribution in [0.25, 0.3) is 32.1 Å². The Bertz CT molecular complexity index is 1960. The number of nitrogens with two attached hydrogens (primary N) is 1. The number of rotatable bonds is 5. The van der Waals surface area contributed by atoms with E-state index in [1.807, 2.05) is 0 Å². The zero-order valence-corrected chi connectivity index (χ0v) is 27.6. The van der Waals surface area contributed by atoms with E-state index in [9.17, 15) is 9.65 Å². The van der Waals surface area contributed by atoms with Gasteiger partial charge in [-0.1, -0.05) is 38.4 Å². The molecular formula is C34H35ClF2N6O2S. The summed E-state index contributed by atoms with van der Waals surface area (Å²) in [5, 5.41) is 10.7. The first-order valence-electron chi connectivity index (χ1n) is 16.0. The minimum atomic E-state index is -0.712. The molecule has 3 saturated heterocycles. The molecule has 4 aliphatic rings. The first-order chi connectivity index (χ1) is 22.1. The molecule has 0 aliphatic carbocycles. The first-order valence-corrected chi connectivity index (χ1v) is 17.2. The fourth-order valence-electron chi connectivity index (χ4n) is 8.44. The summed E-state index contributed by atoms with van der Waals surface area (Å²) in [6, 6.07) is 4.86. The van der Waals surface area contributed by atoms with Crippen LogP contribution in [0.2, 0.25) is 5.02 Å². The minimum absolute atomic E-state index is 0.00678. The van der Waals surface area contributed by atoms with Crippen LogP contribution in [0, 0.1) is 40.7 Å². The third kappa shape index (κ3) is 4.36. The van der Waals surface area contributed by atoms with E-state index in [1.54, 1.807) is 0 Å². The molecule has 0 amide bonds. The van der Waals surface area contributed by atoms with Crippen molar-refractivity contribution in [2.75, 3.05) is 43.5 Å². The number of anilines is 2. The topological polar surface area (TPSA) is 101 Å². The highest BCUT2D eigenvalue weighted by Gasteiger charge is 2.48. The SMILES string of the molecule is CC(C)C1CC2COc3c(Cl)c(-c4ccc(F)c5sc(N)c(C#N)c45)c(F)c4nc(OC[C@@]56CCCN5C[C@H](C)C6)nc(c34)N2C1. The molecule has 46 heavy (non-hydrogen) atoms. The van der Waals surface area contributed by atoms with Gasteiger partial charge in [-0.2, -0.15) is 15.2 Å². The number of ether oxygens (including phenoxy) is 2. The number of aromatic nitrogens is 2. The molecule has 2 aromatic heterocycles. The zero-order chi connectivity index (χ0) is 32.1. The van der Waals surface area contributed by atoms with E-state index in [0.29, 0.717) is 42.2 Å². The molecular weight excluding hydrogens is 630 g/mol. The van der Waals surface area contributed by atoms with E-state index in [1.165, 1.54) is 12.1 Å². The Morgan fingerprint density at radius 2 is 2.09 bits per heavy atom. The number of nitrogen functional groups attached to an aromatic ring is 1. The maximum absolute atomic E-state index is 17.2. The molecule has 2 aromatic carbocycles. The molecule has 4 aliphatic heterocycles. The molecule has 0 saturated carbocycles. The number of hydrogen-bond donors (Lipinski definition) is 1. The Morgan fingerprint density at radius 3 is 2.87 bits per heavy atom. The van der Waals surface area contributed by atoms with Gasteiger partial charge in [-0.25, -0.2) is 8.78 Å². The third-order valence-corrected chi connectivity index (χ3v) is 12.1. The molecule has 0 spiro atoms. The monoisotopic (exact) mass is 664 g/mol. The maximum atomic E-state index is 17.2. The van der Waals surface area contributed by atoms with Crippen LogP contribution in [0.1, 0.15) is 52.0 Å².